The van der Waals surface area contributed by atoms with Crippen molar-refractivity contribution in [2.45, 2.75) is 51.4 Å². The standard InChI is InChI=1S/C19H32N4O4/c1-20-12-5-3-7-14-21-16(24)8-4-2-6-13-22-17(25)11-15-23-18(26)9-10-19(23)27/h9-10,20H,2-8,11-15H2,1H3,(H,21,24)(H,22,25). The number of carbonyl (C=O) groups is 4. The Labute approximate surface area is 161 Å². The molecule has 0 fully saturated rings. The van der Waals surface area contributed by atoms with E-state index in [0.717, 1.165) is 56.5 Å². The van der Waals surface area contributed by atoms with Gasteiger partial charge >= 0.3 is 0 Å². The van der Waals surface area contributed by atoms with Gasteiger partial charge in [0, 0.05) is 44.6 Å². The lowest BCUT2D eigenvalue weighted by atomic mass is 10.2. The van der Waals surface area contributed by atoms with E-state index in [1.807, 2.05) is 7.05 Å². The first-order chi connectivity index (χ1) is 13.0. The zero-order valence-corrected chi connectivity index (χ0v) is 16.2. The van der Waals surface area contributed by atoms with Crippen LogP contribution in [0.1, 0.15) is 51.4 Å². The lowest BCUT2D eigenvalue weighted by Gasteiger charge is -2.13. The first-order valence-electron chi connectivity index (χ1n) is 9.76. The topological polar surface area (TPSA) is 108 Å². The fourth-order valence-corrected chi connectivity index (χ4v) is 2.69. The van der Waals surface area contributed by atoms with Crippen LogP contribution in [0, 0.1) is 0 Å². The summed E-state index contributed by atoms with van der Waals surface area (Å²) in [4.78, 5) is 47.2. The maximum atomic E-state index is 11.7. The van der Waals surface area contributed by atoms with Crippen LogP contribution >= 0.6 is 0 Å². The smallest absolute Gasteiger partial charge is 0.253 e. The third-order valence-electron chi connectivity index (χ3n) is 4.29. The molecule has 1 heterocycles. The van der Waals surface area contributed by atoms with Gasteiger partial charge in [-0.15, -0.1) is 0 Å². The maximum Gasteiger partial charge on any atom is 0.253 e. The molecule has 0 aromatic rings. The number of unbranched alkanes of at least 4 members (excludes halogenated alkanes) is 4. The molecule has 0 atom stereocenters. The van der Waals surface area contributed by atoms with Crippen molar-refractivity contribution in [1.29, 1.82) is 0 Å². The molecular weight excluding hydrogens is 348 g/mol. The molecule has 152 valence electrons. The lowest BCUT2D eigenvalue weighted by molar-refractivity contribution is -0.137. The molecule has 0 aliphatic carbocycles. The van der Waals surface area contributed by atoms with Crippen LogP contribution in [0.5, 0.6) is 0 Å². The fraction of sp³-hybridized carbons (Fsp3) is 0.684. The molecule has 1 aliphatic heterocycles. The highest BCUT2D eigenvalue weighted by Gasteiger charge is 2.23. The van der Waals surface area contributed by atoms with Crippen LogP contribution in [-0.2, 0) is 19.2 Å². The summed E-state index contributed by atoms with van der Waals surface area (Å²) in [6.45, 7) is 2.38. The van der Waals surface area contributed by atoms with Crippen molar-refractivity contribution in [1.82, 2.24) is 20.9 Å². The van der Waals surface area contributed by atoms with E-state index in [1.165, 1.54) is 12.2 Å². The van der Waals surface area contributed by atoms with Crippen molar-refractivity contribution in [2.24, 2.45) is 0 Å². The molecule has 0 radical (unpaired) electrons. The van der Waals surface area contributed by atoms with Crippen LogP contribution in [0.4, 0.5) is 0 Å². The van der Waals surface area contributed by atoms with Crippen molar-refractivity contribution < 1.29 is 19.2 Å². The first-order valence-corrected chi connectivity index (χ1v) is 9.76. The Hall–Kier alpha value is -2.22. The van der Waals surface area contributed by atoms with Crippen LogP contribution < -0.4 is 16.0 Å². The molecule has 0 unspecified atom stereocenters. The molecule has 8 nitrogen and oxygen atoms in total. The Morgan fingerprint density at radius 1 is 0.778 bits per heavy atom. The number of nitrogens with one attached hydrogen (secondary N) is 3. The average Bonchev–Trinajstić information content (AvgIpc) is 2.97. The van der Waals surface area contributed by atoms with Gasteiger partial charge in [-0.2, -0.15) is 0 Å². The third-order valence-corrected chi connectivity index (χ3v) is 4.29. The number of amides is 4. The second kappa shape index (κ2) is 13.9. The summed E-state index contributed by atoms with van der Waals surface area (Å²) in [6, 6.07) is 0. The van der Waals surface area contributed by atoms with Gasteiger partial charge in [0.25, 0.3) is 11.8 Å². The van der Waals surface area contributed by atoms with Crippen molar-refractivity contribution in [3.8, 4) is 0 Å². The minimum Gasteiger partial charge on any atom is -0.356 e. The Balaban J connectivity index is 1.91. The molecule has 0 spiro atoms. The molecule has 0 saturated carbocycles. The molecular formula is C19H32N4O4. The molecule has 1 aliphatic rings. The van der Waals surface area contributed by atoms with Crippen LogP contribution in [-0.4, -0.2) is 61.8 Å². The molecule has 4 amide bonds. The Kier molecular flexibility index (Phi) is 11.8. The van der Waals surface area contributed by atoms with Crippen molar-refractivity contribution >= 4 is 23.6 Å². The van der Waals surface area contributed by atoms with Gasteiger partial charge in [0.05, 0.1) is 0 Å². The third kappa shape index (κ3) is 10.5. The second-order valence-corrected chi connectivity index (χ2v) is 6.59. The molecule has 1 rings (SSSR count). The highest BCUT2D eigenvalue weighted by atomic mass is 16.2. The van der Waals surface area contributed by atoms with Gasteiger partial charge < -0.3 is 16.0 Å². The molecule has 27 heavy (non-hydrogen) atoms. The van der Waals surface area contributed by atoms with Gasteiger partial charge in [0.2, 0.25) is 11.8 Å². The maximum absolute atomic E-state index is 11.7. The molecule has 8 heteroatoms. The monoisotopic (exact) mass is 380 g/mol. The van der Waals surface area contributed by atoms with Crippen LogP contribution in [0.2, 0.25) is 0 Å². The van der Waals surface area contributed by atoms with E-state index in [1.54, 1.807) is 0 Å². The highest BCUT2D eigenvalue weighted by molar-refractivity contribution is 6.13. The van der Waals surface area contributed by atoms with E-state index < -0.39 is 0 Å². The Morgan fingerprint density at radius 3 is 1.89 bits per heavy atom. The predicted molar refractivity (Wildman–Crippen MR) is 103 cm³/mol. The van der Waals surface area contributed by atoms with Gasteiger partial charge in [-0.3, -0.25) is 24.1 Å². The lowest BCUT2D eigenvalue weighted by Crippen LogP contribution is -2.34. The summed E-state index contributed by atoms with van der Waals surface area (Å²) in [6.07, 6.45) is 8.73. The molecule has 0 aromatic carbocycles. The van der Waals surface area contributed by atoms with E-state index in [-0.39, 0.29) is 36.6 Å². The van der Waals surface area contributed by atoms with Crippen LogP contribution in [0.25, 0.3) is 0 Å². The minimum absolute atomic E-state index is 0.0845. The van der Waals surface area contributed by atoms with Crippen molar-refractivity contribution in [2.75, 3.05) is 33.2 Å². The first kappa shape index (κ1) is 22.8. The van der Waals surface area contributed by atoms with E-state index in [9.17, 15) is 19.2 Å². The zero-order chi connectivity index (χ0) is 19.9. The number of imide groups is 1. The summed E-state index contributed by atoms with van der Waals surface area (Å²) in [7, 11) is 1.93. The second-order valence-electron chi connectivity index (χ2n) is 6.59. The van der Waals surface area contributed by atoms with Gasteiger partial charge in [0.1, 0.15) is 0 Å². The normalized spacial score (nSPS) is 13.3. The Bertz CT molecular complexity index is 516. The predicted octanol–water partition coefficient (Wildman–Crippen LogP) is 0.484. The van der Waals surface area contributed by atoms with E-state index in [4.69, 9.17) is 0 Å². The van der Waals surface area contributed by atoms with Crippen LogP contribution in [0.3, 0.4) is 0 Å². The molecule has 0 saturated heterocycles. The SMILES string of the molecule is CNCCCCCNC(=O)CCCCCNC(=O)CCN1C(=O)C=CC1=O. The molecule has 0 bridgehead atoms. The van der Waals surface area contributed by atoms with Crippen molar-refractivity contribution in [3.05, 3.63) is 12.2 Å². The summed E-state index contributed by atoms with van der Waals surface area (Å²) >= 11 is 0. The summed E-state index contributed by atoms with van der Waals surface area (Å²) < 4.78 is 0. The van der Waals surface area contributed by atoms with Gasteiger partial charge in [-0.1, -0.05) is 12.8 Å². The number of hydrogen-bond donors (Lipinski definition) is 3. The molecule has 0 aromatic heterocycles. The molecule has 3 N–H and O–H groups in total. The van der Waals surface area contributed by atoms with Gasteiger partial charge in [-0.25, -0.2) is 0 Å². The number of carbonyl (C=O) groups excluding carboxylic acids is 4. The number of nitrogens with zero attached hydrogens (tertiary/aromatic N) is 1. The fourth-order valence-electron chi connectivity index (χ4n) is 2.69. The van der Waals surface area contributed by atoms with E-state index in [2.05, 4.69) is 16.0 Å². The van der Waals surface area contributed by atoms with E-state index >= 15 is 0 Å². The average molecular weight is 380 g/mol. The summed E-state index contributed by atoms with van der Waals surface area (Å²) in [5, 5.41) is 8.79. The number of hydrogen-bond acceptors (Lipinski definition) is 5. The van der Waals surface area contributed by atoms with E-state index in [0.29, 0.717) is 13.0 Å². The quantitative estimate of drug-likeness (QED) is 0.283. The minimum atomic E-state index is -0.371. The largest absolute Gasteiger partial charge is 0.356 e. The van der Waals surface area contributed by atoms with Gasteiger partial charge in [0.15, 0.2) is 0 Å². The summed E-state index contributed by atoms with van der Waals surface area (Å²) in [5.41, 5.74) is 0. The summed E-state index contributed by atoms with van der Waals surface area (Å²) in [5.74, 6) is -0.840. The van der Waals surface area contributed by atoms with Crippen molar-refractivity contribution in [3.63, 3.8) is 0 Å². The van der Waals surface area contributed by atoms with Crippen LogP contribution in [0.15, 0.2) is 12.2 Å². The number of rotatable bonds is 15. The van der Waals surface area contributed by atoms with Gasteiger partial charge in [-0.05, 0) is 39.3 Å². The zero-order valence-electron chi connectivity index (χ0n) is 16.2. The Morgan fingerprint density at radius 2 is 1.30 bits per heavy atom. The highest BCUT2D eigenvalue weighted by Crippen LogP contribution is 2.04.